The van der Waals surface area contributed by atoms with E-state index in [2.05, 4.69) is 18.7 Å². The van der Waals surface area contributed by atoms with Crippen LogP contribution in [0.15, 0.2) is 0 Å². The number of likely N-dealkylation sites (N-methyl/N-ethyl adjacent to an activating group) is 1. The molecule has 1 aliphatic heterocycles. The van der Waals surface area contributed by atoms with Crippen molar-refractivity contribution >= 4 is 0 Å². The first-order valence-corrected chi connectivity index (χ1v) is 4.65. The first-order valence-electron chi connectivity index (χ1n) is 4.65. The Morgan fingerprint density at radius 2 is 2.18 bits per heavy atom. The number of hydrogen-bond donors (Lipinski definition) is 1. The summed E-state index contributed by atoms with van der Waals surface area (Å²) >= 11 is 0. The zero-order valence-electron chi connectivity index (χ0n) is 7.64. The van der Waals surface area contributed by atoms with Gasteiger partial charge < -0.3 is 10.0 Å². The molecule has 66 valence electrons. The lowest BCUT2D eigenvalue weighted by molar-refractivity contribution is -0.0317. The van der Waals surface area contributed by atoms with E-state index in [9.17, 15) is 5.11 Å². The molecule has 2 nitrogen and oxygen atoms in total. The number of β-amino-alcohol motifs (C(OH)–C–C–N with tert-alkyl or cyclic N) is 1. The van der Waals surface area contributed by atoms with Crippen LogP contribution in [0.1, 0.15) is 33.1 Å². The molecule has 0 amide bonds. The largest absolute Gasteiger partial charge is 0.389 e. The number of likely N-dealkylation sites (tertiary alicyclic amines) is 1. The van der Waals surface area contributed by atoms with Crippen LogP contribution in [0.3, 0.4) is 0 Å². The maximum atomic E-state index is 9.94. The summed E-state index contributed by atoms with van der Waals surface area (Å²) < 4.78 is 0. The summed E-state index contributed by atoms with van der Waals surface area (Å²) in [6, 6.07) is 0. The zero-order chi connectivity index (χ0) is 8.32. The fourth-order valence-electron chi connectivity index (χ4n) is 1.76. The molecule has 1 fully saturated rings. The van der Waals surface area contributed by atoms with Crippen molar-refractivity contribution in [1.82, 2.24) is 4.90 Å². The van der Waals surface area contributed by atoms with Gasteiger partial charge in [-0.15, -0.1) is 0 Å². The molecule has 0 bridgehead atoms. The molecule has 2 heteroatoms. The van der Waals surface area contributed by atoms with Crippen molar-refractivity contribution in [3.63, 3.8) is 0 Å². The van der Waals surface area contributed by atoms with Crippen LogP contribution in [0.2, 0.25) is 0 Å². The predicted octanol–water partition coefficient (Wildman–Crippen LogP) is 1.24. The summed E-state index contributed by atoms with van der Waals surface area (Å²) in [5, 5.41) is 9.94. The standard InChI is InChI=1S/C9H19NO/c1-3-9(11)6-5-7-10(4-2)8-9/h11H,3-8H2,1-2H3. The van der Waals surface area contributed by atoms with Crippen molar-refractivity contribution in [2.45, 2.75) is 38.7 Å². The van der Waals surface area contributed by atoms with E-state index in [-0.39, 0.29) is 5.60 Å². The molecule has 0 aromatic rings. The lowest BCUT2D eigenvalue weighted by atomic mass is 9.90. The van der Waals surface area contributed by atoms with Crippen LogP contribution in [-0.4, -0.2) is 35.2 Å². The van der Waals surface area contributed by atoms with Crippen LogP contribution >= 0.6 is 0 Å². The van der Waals surface area contributed by atoms with Crippen LogP contribution in [0, 0.1) is 0 Å². The Morgan fingerprint density at radius 3 is 2.73 bits per heavy atom. The Morgan fingerprint density at radius 1 is 1.45 bits per heavy atom. The van der Waals surface area contributed by atoms with E-state index >= 15 is 0 Å². The van der Waals surface area contributed by atoms with Gasteiger partial charge in [-0.05, 0) is 32.4 Å². The molecule has 1 unspecified atom stereocenters. The topological polar surface area (TPSA) is 23.5 Å². The van der Waals surface area contributed by atoms with Crippen LogP contribution in [0.25, 0.3) is 0 Å². The van der Waals surface area contributed by atoms with Gasteiger partial charge in [0.2, 0.25) is 0 Å². The summed E-state index contributed by atoms with van der Waals surface area (Å²) in [5.41, 5.74) is -0.381. The number of piperidine rings is 1. The number of aliphatic hydroxyl groups is 1. The molecule has 1 atom stereocenters. The smallest absolute Gasteiger partial charge is 0.0771 e. The molecule has 11 heavy (non-hydrogen) atoms. The van der Waals surface area contributed by atoms with Crippen molar-refractivity contribution in [3.05, 3.63) is 0 Å². The molecular formula is C9H19NO. The van der Waals surface area contributed by atoms with Crippen LogP contribution < -0.4 is 0 Å². The van der Waals surface area contributed by atoms with Gasteiger partial charge >= 0.3 is 0 Å². The maximum Gasteiger partial charge on any atom is 0.0771 e. The summed E-state index contributed by atoms with van der Waals surface area (Å²) in [5.74, 6) is 0. The Kier molecular flexibility index (Phi) is 2.90. The second-order valence-electron chi connectivity index (χ2n) is 3.55. The van der Waals surface area contributed by atoms with Gasteiger partial charge in [0, 0.05) is 6.54 Å². The quantitative estimate of drug-likeness (QED) is 0.652. The molecule has 0 aliphatic carbocycles. The van der Waals surface area contributed by atoms with E-state index in [1.54, 1.807) is 0 Å². The lowest BCUT2D eigenvalue weighted by Gasteiger charge is -2.38. The Labute approximate surface area is 69.2 Å². The molecular weight excluding hydrogens is 138 g/mol. The molecule has 1 N–H and O–H groups in total. The van der Waals surface area contributed by atoms with E-state index in [1.165, 1.54) is 6.54 Å². The van der Waals surface area contributed by atoms with E-state index in [0.717, 1.165) is 32.4 Å². The third kappa shape index (κ3) is 2.17. The highest BCUT2D eigenvalue weighted by Gasteiger charge is 2.30. The van der Waals surface area contributed by atoms with E-state index in [1.807, 2.05) is 0 Å². The minimum Gasteiger partial charge on any atom is -0.389 e. The summed E-state index contributed by atoms with van der Waals surface area (Å²) in [6.45, 7) is 7.34. The normalized spacial score (nSPS) is 34.1. The van der Waals surface area contributed by atoms with Crippen LogP contribution in [0.5, 0.6) is 0 Å². The molecule has 0 aromatic carbocycles. The molecule has 0 radical (unpaired) electrons. The fraction of sp³-hybridized carbons (Fsp3) is 1.00. The Balaban J connectivity index is 2.44. The lowest BCUT2D eigenvalue weighted by Crippen LogP contribution is -2.47. The van der Waals surface area contributed by atoms with Gasteiger partial charge in [0.1, 0.15) is 0 Å². The van der Waals surface area contributed by atoms with Gasteiger partial charge in [0.05, 0.1) is 5.60 Å². The fourth-order valence-corrected chi connectivity index (χ4v) is 1.76. The molecule has 0 saturated carbocycles. The minimum atomic E-state index is -0.381. The van der Waals surface area contributed by atoms with Gasteiger partial charge in [-0.25, -0.2) is 0 Å². The minimum absolute atomic E-state index is 0.381. The third-order valence-electron chi connectivity index (χ3n) is 2.74. The summed E-state index contributed by atoms with van der Waals surface area (Å²) in [6.07, 6.45) is 3.03. The molecule has 0 spiro atoms. The second kappa shape index (κ2) is 3.55. The highest BCUT2D eigenvalue weighted by Crippen LogP contribution is 2.23. The number of hydrogen-bond acceptors (Lipinski definition) is 2. The van der Waals surface area contributed by atoms with Gasteiger partial charge in [0.25, 0.3) is 0 Å². The van der Waals surface area contributed by atoms with Crippen molar-refractivity contribution in [3.8, 4) is 0 Å². The molecule has 1 heterocycles. The van der Waals surface area contributed by atoms with E-state index in [0.29, 0.717) is 0 Å². The van der Waals surface area contributed by atoms with Gasteiger partial charge in [0.15, 0.2) is 0 Å². The van der Waals surface area contributed by atoms with Crippen molar-refractivity contribution in [2.24, 2.45) is 0 Å². The van der Waals surface area contributed by atoms with Gasteiger partial charge in [-0.2, -0.15) is 0 Å². The summed E-state index contributed by atoms with van der Waals surface area (Å²) in [7, 11) is 0. The van der Waals surface area contributed by atoms with Crippen molar-refractivity contribution in [2.75, 3.05) is 19.6 Å². The first kappa shape index (κ1) is 9.01. The highest BCUT2D eigenvalue weighted by molar-refractivity contribution is 4.85. The van der Waals surface area contributed by atoms with Gasteiger partial charge in [-0.1, -0.05) is 13.8 Å². The molecule has 1 rings (SSSR count). The summed E-state index contributed by atoms with van der Waals surface area (Å²) in [4.78, 5) is 2.33. The SMILES string of the molecule is CCN1CCCC(O)(CC)C1. The van der Waals surface area contributed by atoms with Crippen molar-refractivity contribution < 1.29 is 5.11 Å². The Hall–Kier alpha value is -0.0800. The Bertz CT molecular complexity index is 127. The highest BCUT2D eigenvalue weighted by atomic mass is 16.3. The molecule has 0 aromatic heterocycles. The molecule has 1 aliphatic rings. The molecule has 1 saturated heterocycles. The number of rotatable bonds is 2. The van der Waals surface area contributed by atoms with E-state index < -0.39 is 0 Å². The van der Waals surface area contributed by atoms with Crippen LogP contribution in [0.4, 0.5) is 0 Å². The zero-order valence-corrected chi connectivity index (χ0v) is 7.64. The van der Waals surface area contributed by atoms with Crippen molar-refractivity contribution in [1.29, 1.82) is 0 Å². The second-order valence-corrected chi connectivity index (χ2v) is 3.55. The predicted molar refractivity (Wildman–Crippen MR) is 46.6 cm³/mol. The third-order valence-corrected chi connectivity index (χ3v) is 2.74. The van der Waals surface area contributed by atoms with Gasteiger partial charge in [-0.3, -0.25) is 0 Å². The maximum absolute atomic E-state index is 9.94. The van der Waals surface area contributed by atoms with Crippen LogP contribution in [-0.2, 0) is 0 Å². The average molecular weight is 157 g/mol. The first-order chi connectivity index (χ1) is 5.20. The van der Waals surface area contributed by atoms with E-state index in [4.69, 9.17) is 0 Å². The monoisotopic (exact) mass is 157 g/mol. The number of nitrogens with zero attached hydrogens (tertiary/aromatic N) is 1. The average Bonchev–Trinajstić information content (AvgIpc) is 2.05.